The van der Waals surface area contributed by atoms with E-state index in [1.807, 2.05) is 19.1 Å². The van der Waals surface area contributed by atoms with Crippen molar-refractivity contribution in [3.63, 3.8) is 0 Å². The van der Waals surface area contributed by atoms with Crippen molar-refractivity contribution < 1.29 is 14.3 Å². The largest absolute Gasteiger partial charge is 0.378 e. The van der Waals surface area contributed by atoms with Crippen LogP contribution in [0, 0.1) is 0 Å². The summed E-state index contributed by atoms with van der Waals surface area (Å²) in [6, 6.07) is 5.46. The monoisotopic (exact) mass is 362 g/mol. The first-order chi connectivity index (χ1) is 12.1. The maximum atomic E-state index is 12.3. The predicted octanol–water partition coefficient (Wildman–Crippen LogP) is 3.59. The van der Waals surface area contributed by atoms with Crippen LogP contribution >= 0.6 is 11.8 Å². The molecule has 1 atom stereocenters. The van der Waals surface area contributed by atoms with Crippen molar-refractivity contribution in [2.45, 2.75) is 61.7 Å². The molecule has 0 radical (unpaired) electrons. The lowest BCUT2D eigenvalue weighted by Crippen LogP contribution is -2.28. The maximum absolute atomic E-state index is 12.3. The topological polar surface area (TPSA) is 67.4 Å². The molecule has 2 N–H and O–H groups in total. The van der Waals surface area contributed by atoms with Crippen LogP contribution in [0.2, 0.25) is 0 Å². The molecule has 1 heterocycles. The lowest BCUT2D eigenvalue weighted by molar-refractivity contribution is -0.115. The van der Waals surface area contributed by atoms with Gasteiger partial charge in [0.1, 0.15) is 0 Å². The van der Waals surface area contributed by atoms with Crippen molar-refractivity contribution in [2.75, 3.05) is 18.5 Å². The van der Waals surface area contributed by atoms with Gasteiger partial charge in [-0.05, 0) is 44.4 Å². The van der Waals surface area contributed by atoms with Gasteiger partial charge in [-0.25, -0.2) is 0 Å². The van der Waals surface area contributed by atoms with Crippen molar-refractivity contribution in [1.82, 2.24) is 5.32 Å². The molecule has 25 heavy (non-hydrogen) atoms. The Balaban J connectivity index is 1.42. The first-order valence-electron chi connectivity index (χ1n) is 9.15. The van der Waals surface area contributed by atoms with Crippen molar-refractivity contribution in [2.24, 2.45) is 0 Å². The number of thioether (sulfide) groups is 1. The number of rotatable bonds is 6. The Morgan fingerprint density at radius 2 is 2.12 bits per heavy atom. The highest BCUT2D eigenvalue weighted by molar-refractivity contribution is 8.00. The van der Waals surface area contributed by atoms with Crippen molar-refractivity contribution in [3.8, 4) is 0 Å². The molecule has 0 bridgehead atoms. The van der Waals surface area contributed by atoms with E-state index in [1.54, 1.807) is 6.07 Å². The SMILES string of the molecule is CC1Sc2ccc(C(=O)NCCCOC3CCCCC3)cc2NC1=O. The summed E-state index contributed by atoms with van der Waals surface area (Å²) in [5, 5.41) is 5.68. The molecule has 1 aromatic rings. The van der Waals surface area contributed by atoms with Crippen LogP contribution in [0.3, 0.4) is 0 Å². The maximum Gasteiger partial charge on any atom is 0.251 e. The molecule has 1 aliphatic heterocycles. The fourth-order valence-corrected chi connectivity index (χ4v) is 4.14. The Kier molecular flexibility index (Phi) is 6.37. The van der Waals surface area contributed by atoms with E-state index in [1.165, 1.54) is 43.9 Å². The van der Waals surface area contributed by atoms with Gasteiger partial charge in [-0.1, -0.05) is 19.3 Å². The molecular formula is C19H26N2O3S. The summed E-state index contributed by atoms with van der Waals surface area (Å²) in [5.41, 5.74) is 1.30. The molecule has 0 aromatic heterocycles. The molecule has 1 fully saturated rings. The molecule has 1 aromatic carbocycles. The third-order valence-electron chi connectivity index (χ3n) is 4.69. The van der Waals surface area contributed by atoms with Gasteiger partial charge in [-0.15, -0.1) is 11.8 Å². The number of ether oxygens (including phenoxy) is 1. The molecule has 3 rings (SSSR count). The third-order valence-corrected chi connectivity index (χ3v) is 5.86. The summed E-state index contributed by atoms with van der Waals surface area (Å²) in [5.74, 6) is -0.131. The second-order valence-corrected chi connectivity index (χ2v) is 8.08. The quantitative estimate of drug-likeness (QED) is 0.759. The normalized spacial score (nSPS) is 20.7. The number of anilines is 1. The van der Waals surface area contributed by atoms with Crippen LogP contribution in [-0.2, 0) is 9.53 Å². The second-order valence-electron chi connectivity index (χ2n) is 6.70. The summed E-state index contributed by atoms with van der Waals surface area (Å²) >= 11 is 1.52. The van der Waals surface area contributed by atoms with E-state index < -0.39 is 0 Å². The molecule has 136 valence electrons. The molecule has 1 unspecified atom stereocenters. The number of hydrogen-bond donors (Lipinski definition) is 2. The Hall–Kier alpha value is -1.53. The highest BCUT2D eigenvalue weighted by Gasteiger charge is 2.23. The fraction of sp³-hybridized carbons (Fsp3) is 0.579. The summed E-state index contributed by atoms with van der Waals surface area (Å²) < 4.78 is 5.87. The zero-order valence-corrected chi connectivity index (χ0v) is 15.5. The zero-order chi connectivity index (χ0) is 17.6. The number of hydrogen-bond acceptors (Lipinski definition) is 4. The molecule has 5 nitrogen and oxygen atoms in total. The summed E-state index contributed by atoms with van der Waals surface area (Å²) in [7, 11) is 0. The average Bonchev–Trinajstić information content (AvgIpc) is 2.63. The minimum atomic E-state index is -0.113. The van der Waals surface area contributed by atoms with Crippen LogP contribution in [0.25, 0.3) is 0 Å². The molecule has 0 spiro atoms. The summed E-state index contributed by atoms with van der Waals surface area (Å²) in [6.07, 6.45) is 7.44. The van der Waals surface area contributed by atoms with Gasteiger partial charge < -0.3 is 15.4 Å². The minimum Gasteiger partial charge on any atom is -0.378 e. The van der Waals surface area contributed by atoms with Crippen molar-refractivity contribution in [3.05, 3.63) is 23.8 Å². The zero-order valence-electron chi connectivity index (χ0n) is 14.7. The number of amides is 2. The van der Waals surface area contributed by atoms with Gasteiger partial charge in [-0.3, -0.25) is 9.59 Å². The van der Waals surface area contributed by atoms with Crippen LogP contribution in [-0.4, -0.2) is 36.3 Å². The van der Waals surface area contributed by atoms with Gasteiger partial charge >= 0.3 is 0 Å². The van der Waals surface area contributed by atoms with Crippen LogP contribution in [0.5, 0.6) is 0 Å². The van der Waals surface area contributed by atoms with Gasteiger partial charge in [0.05, 0.1) is 17.0 Å². The summed E-state index contributed by atoms with van der Waals surface area (Å²) in [6.45, 7) is 3.17. The molecule has 0 saturated heterocycles. The van der Waals surface area contributed by atoms with E-state index >= 15 is 0 Å². The van der Waals surface area contributed by atoms with E-state index in [0.717, 1.165) is 17.0 Å². The van der Waals surface area contributed by atoms with Gasteiger partial charge in [-0.2, -0.15) is 0 Å². The number of nitrogens with one attached hydrogen (secondary N) is 2. The number of carbonyl (C=O) groups is 2. The lowest BCUT2D eigenvalue weighted by atomic mass is 9.98. The Morgan fingerprint density at radius 3 is 2.92 bits per heavy atom. The van der Waals surface area contributed by atoms with Gasteiger partial charge in [0.25, 0.3) is 5.91 Å². The first kappa shape index (κ1) is 18.3. The van der Waals surface area contributed by atoms with Crippen molar-refractivity contribution >= 4 is 29.3 Å². The average molecular weight is 362 g/mol. The van der Waals surface area contributed by atoms with Gasteiger partial charge in [0, 0.05) is 23.6 Å². The van der Waals surface area contributed by atoms with Crippen LogP contribution in [0.4, 0.5) is 5.69 Å². The first-order valence-corrected chi connectivity index (χ1v) is 10.0. The Labute approximate surface area is 153 Å². The Bertz CT molecular complexity index is 629. The molecular weight excluding hydrogens is 336 g/mol. The lowest BCUT2D eigenvalue weighted by Gasteiger charge is -2.22. The predicted molar refractivity (Wildman–Crippen MR) is 100 cm³/mol. The van der Waals surface area contributed by atoms with Gasteiger partial charge in [0.2, 0.25) is 5.91 Å². The van der Waals surface area contributed by atoms with Crippen LogP contribution in [0.1, 0.15) is 55.8 Å². The standard InChI is InChI=1S/C19H26N2O3S/c1-13-18(22)21-16-12-14(8-9-17(16)25-13)19(23)20-10-5-11-24-15-6-3-2-4-7-15/h8-9,12-13,15H,2-7,10-11H2,1H3,(H,20,23)(H,21,22). The number of fused-ring (bicyclic) bond motifs is 1. The highest BCUT2D eigenvalue weighted by Crippen LogP contribution is 2.35. The van der Waals surface area contributed by atoms with E-state index in [2.05, 4.69) is 10.6 Å². The van der Waals surface area contributed by atoms with Gasteiger partial charge in [0.15, 0.2) is 0 Å². The van der Waals surface area contributed by atoms with Crippen molar-refractivity contribution in [1.29, 1.82) is 0 Å². The Morgan fingerprint density at radius 1 is 1.32 bits per heavy atom. The van der Waals surface area contributed by atoms with E-state index in [4.69, 9.17) is 4.74 Å². The van der Waals surface area contributed by atoms with E-state index in [0.29, 0.717) is 24.8 Å². The smallest absolute Gasteiger partial charge is 0.251 e. The number of carbonyl (C=O) groups excluding carboxylic acids is 2. The highest BCUT2D eigenvalue weighted by atomic mass is 32.2. The van der Waals surface area contributed by atoms with E-state index in [-0.39, 0.29) is 17.1 Å². The molecule has 1 aliphatic carbocycles. The fourth-order valence-electron chi connectivity index (χ4n) is 3.21. The minimum absolute atomic E-state index is 0.0186. The molecule has 2 aliphatic rings. The molecule has 2 amide bonds. The van der Waals surface area contributed by atoms with Crippen LogP contribution < -0.4 is 10.6 Å². The van der Waals surface area contributed by atoms with Crippen LogP contribution in [0.15, 0.2) is 23.1 Å². The second kappa shape index (κ2) is 8.72. The molecule has 6 heteroatoms. The number of benzene rings is 1. The third kappa shape index (κ3) is 4.98. The molecule has 1 saturated carbocycles. The van der Waals surface area contributed by atoms with E-state index in [9.17, 15) is 9.59 Å². The summed E-state index contributed by atoms with van der Waals surface area (Å²) in [4.78, 5) is 25.0.